The Kier molecular flexibility index (Phi) is 9.95. The highest BCUT2D eigenvalue weighted by molar-refractivity contribution is 9.10. The molecule has 0 radical (unpaired) electrons. The van der Waals surface area contributed by atoms with Crippen LogP contribution in [-0.2, 0) is 27.3 Å². The summed E-state index contributed by atoms with van der Waals surface area (Å²) in [6, 6.07) is 18.5. The molecule has 1 amide bonds. The van der Waals surface area contributed by atoms with Gasteiger partial charge in [0.2, 0.25) is 5.91 Å². The van der Waals surface area contributed by atoms with Gasteiger partial charge in [0.15, 0.2) is 0 Å². The Hall–Kier alpha value is -3.08. The molecule has 0 spiro atoms. The molecule has 0 bridgehead atoms. The number of unbranched alkanes of at least 4 members (excludes halogenated alkanes) is 1. The minimum atomic E-state index is -2.78. The number of rotatable bonds is 12. The van der Waals surface area contributed by atoms with Gasteiger partial charge >= 0.3 is 5.97 Å². The summed E-state index contributed by atoms with van der Waals surface area (Å²) in [5.74, 6) is -1.41. The van der Waals surface area contributed by atoms with E-state index in [1.165, 1.54) is 0 Å². The smallest absolute Gasteiger partial charge is 0.327 e. The van der Waals surface area contributed by atoms with E-state index in [0.717, 1.165) is 19.9 Å². The number of aliphatic carboxylic acids is 1. The Morgan fingerprint density at radius 1 is 1.03 bits per heavy atom. The highest BCUT2D eigenvalue weighted by Crippen LogP contribution is 2.27. The number of hydrogen-bond donors (Lipinski definition) is 2. The number of carboxylic acids is 1. The number of benzene rings is 2. The van der Waals surface area contributed by atoms with Gasteiger partial charge < -0.3 is 15.0 Å². The topological polar surface area (TPSA) is 123 Å². The predicted octanol–water partition coefficient (Wildman–Crippen LogP) is 4.09. The summed E-state index contributed by atoms with van der Waals surface area (Å²) in [4.78, 5) is 28.0. The molecule has 2 aromatic carbocycles. The maximum atomic E-state index is 12.0. The van der Waals surface area contributed by atoms with Gasteiger partial charge in [0.1, 0.15) is 6.04 Å². The molecule has 1 aromatic heterocycles. The second-order valence-electron chi connectivity index (χ2n) is 7.79. The Bertz CT molecular complexity index is 1140. The van der Waals surface area contributed by atoms with Crippen LogP contribution in [0.1, 0.15) is 25.0 Å². The third-order valence-corrected chi connectivity index (χ3v) is 6.64. The van der Waals surface area contributed by atoms with Gasteiger partial charge in [0, 0.05) is 39.9 Å². The van der Waals surface area contributed by atoms with Crippen LogP contribution in [-0.4, -0.2) is 43.3 Å². The standard InChI is InChI=1S/C25H26BrN3O5S/c26-20-11-7-18(8-12-20)19-9-13-22(14-10-19)29(35(33)34)23(25(31)32)6-2-4-16-28-24(30)17-21-5-1-3-15-27-21/h1,3,5,7-15,23H,2,4,6,16-17H2,(H,28,30)(H,31,32)(H,33,34)/p-1. The van der Waals surface area contributed by atoms with Crippen LogP contribution in [0.15, 0.2) is 77.4 Å². The van der Waals surface area contributed by atoms with E-state index in [9.17, 15) is 23.5 Å². The van der Waals surface area contributed by atoms with Crippen molar-refractivity contribution in [3.63, 3.8) is 0 Å². The van der Waals surface area contributed by atoms with E-state index in [2.05, 4.69) is 26.2 Å². The summed E-state index contributed by atoms with van der Waals surface area (Å²) in [5, 5.41) is 12.5. The molecule has 0 fully saturated rings. The summed E-state index contributed by atoms with van der Waals surface area (Å²) in [5.41, 5.74) is 2.77. The summed E-state index contributed by atoms with van der Waals surface area (Å²) < 4.78 is 25.8. The summed E-state index contributed by atoms with van der Waals surface area (Å²) >= 11 is 0.614. The normalized spacial score (nSPS) is 12.5. The molecule has 0 aliphatic carbocycles. The molecule has 0 saturated heterocycles. The van der Waals surface area contributed by atoms with Gasteiger partial charge in [0.05, 0.1) is 6.42 Å². The Morgan fingerprint density at radius 2 is 1.69 bits per heavy atom. The molecule has 35 heavy (non-hydrogen) atoms. The fraction of sp³-hybridized carbons (Fsp3) is 0.240. The minimum absolute atomic E-state index is 0.105. The molecule has 2 N–H and O–H groups in total. The Labute approximate surface area is 214 Å². The third kappa shape index (κ3) is 7.98. The van der Waals surface area contributed by atoms with E-state index < -0.39 is 23.3 Å². The maximum Gasteiger partial charge on any atom is 0.327 e. The average Bonchev–Trinajstić information content (AvgIpc) is 2.84. The molecule has 3 aromatic rings. The molecule has 0 saturated carbocycles. The fourth-order valence-electron chi connectivity index (χ4n) is 3.57. The number of pyridine rings is 1. The van der Waals surface area contributed by atoms with Crippen LogP contribution in [0.25, 0.3) is 11.1 Å². The van der Waals surface area contributed by atoms with Crippen LogP contribution < -0.4 is 9.62 Å². The van der Waals surface area contributed by atoms with Crippen molar-refractivity contribution in [1.82, 2.24) is 10.3 Å². The number of hydrogen-bond acceptors (Lipinski definition) is 5. The molecule has 1 heterocycles. The molecule has 8 nitrogen and oxygen atoms in total. The number of halogens is 1. The Balaban J connectivity index is 1.57. The van der Waals surface area contributed by atoms with Crippen molar-refractivity contribution in [3.05, 3.63) is 83.1 Å². The molecular formula is C25H25BrN3O5S-. The van der Waals surface area contributed by atoms with Gasteiger partial charge in [-0.15, -0.1) is 0 Å². The molecular weight excluding hydrogens is 534 g/mol. The highest BCUT2D eigenvalue weighted by atomic mass is 79.9. The first kappa shape index (κ1) is 26.5. The number of anilines is 1. The number of nitrogens with zero attached hydrogens (tertiary/aromatic N) is 2. The summed E-state index contributed by atoms with van der Waals surface area (Å²) in [6.45, 7) is 0.361. The van der Waals surface area contributed by atoms with Crippen molar-refractivity contribution in [3.8, 4) is 11.1 Å². The number of carbonyl (C=O) groups is 2. The third-order valence-electron chi connectivity index (χ3n) is 5.32. The highest BCUT2D eigenvalue weighted by Gasteiger charge is 2.26. The molecule has 10 heteroatoms. The lowest BCUT2D eigenvalue weighted by atomic mass is 10.0. The van der Waals surface area contributed by atoms with Gasteiger partial charge in [-0.1, -0.05) is 46.3 Å². The number of amides is 1. The zero-order valence-electron chi connectivity index (χ0n) is 18.8. The van der Waals surface area contributed by atoms with Gasteiger partial charge in [-0.2, -0.15) is 0 Å². The van der Waals surface area contributed by atoms with Crippen molar-refractivity contribution in [2.75, 3.05) is 10.8 Å². The van der Waals surface area contributed by atoms with Crippen LogP contribution in [0.4, 0.5) is 5.69 Å². The number of carboxylic acid groups (broad SMARTS) is 1. The van der Waals surface area contributed by atoms with Crippen molar-refractivity contribution in [2.45, 2.75) is 31.7 Å². The van der Waals surface area contributed by atoms with Gasteiger partial charge in [-0.3, -0.25) is 18.3 Å². The van der Waals surface area contributed by atoms with Crippen molar-refractivity contribution in [1.29, 1.82) is 0 Å². The van der Waals surface area contributed by atoms with E-state index in [1.54, 1.807) is 42.6 Å². The molecule has 0 aliphatic heterocycles. The second kappa shape index (κ2) is 13.1. The van der Waals surface area contributed by atoms with E-state index in [4.69, 9.17) is 0 Å². The van der Waals surface area contributed by atoms with Crippen molar-refractivity contribution < 1.29 is 23.5 Å². The van der Waals surface area contributed by atoms with Crippen LogP contribution >= 0.6 is 15.9 Å². The first-order chi connectivity index (χ1) is 16.8. The zero-order chi connectivity index (χ0) is 25.2. The number of nitrogens with one attached hydrogen (secondary N) is 1. The van der Waals surface area contributed by atoms with Crippen LogP contribution in [0.3, 0.4) is 0 Å². The molecule has 3 rings (SSSR count). The predicted molar refractivity (Wildman–Crippen MR) is 137 cm³/mol. The molecule has 2 unspecified atom stereocenters. The summed E-state index contributed by atoms with van der Waals surface area (Å²) in [6.07, 6.45) is 2.82. The lowest BCUT2D eigenvalue weighted by Gasteiger charge is -2.32. The molecule has 0 aliphatic rings. The second-order valence-corrected chi connectivity index (χ2v) is 9.54. The lowest BCUT2D eigenvalue weighted by Crippen LogP contribution is -2.42. The molecule has 2 atom stereocenters. The first-order valence-corrected chi connectivity index (χ1v) is 12.8. The molecule has 184 valence electrons. The van der Waals surface area contributed by atoms with Gasteiger partial charge in [-0.05, 0) is 66.8 Å². The first-order valence-electron chi connectivity index (χ1n) is 11.0. The number of carbonyl (C=O) groups excluding carboxylic acids is 1. The number of aromatic nitrogens is 1. The average molecular weight is 559 g/mol. The quantitative estimate of drug-likeness (QED) is 0.255. The van der Waals surface area contributed by atoms with E-state index in [-0.39, 0.29) is 24.4 Å². The van der Waals surface area contributed by atoms with E-state index >= 15 is 0 Å². The van der Waals surface area contributed by atoms with E-state index in [1.807, 2.05) is 30.3 Å². The lowest BCUT2D eigenvalue weighted by molar-refractivity contribution is -0.138. The van der Waals surface area contributed by atoms with Crippen LogP contribution in [0.5, 0.6) is 0 Å². The largest absolute Gasteiger partial charge is 0.755 e. The maximum absolute atomic E-state index is 12.0. The van der Waals surface area contributed by atoms with Crippen molar-refractivity contribution >= 4 is 44.8 Å². The van der Waals surface area contributed by atoms with Crippen molar-refractivity contribution in [2.24, 2.45) is 0 Å². The van der Waals surface area contributed by atoms with Crippen LogP contribution in [0, 0.1) is 0 Å². The van der Waals surface area contributed by atoms with Crippen LogP contribution in [0.2, 0.25) is 0 Å². The van der Waals surface area contributed by atoms with Gasteiger partial charge in [0.25, 0.3) is 0 Å². The Morgan fingerprint density at radius 3 is 2.26 bits per heavy atom. The zero-order valence-corrected chi connectivity index (χ0v) is 21.2. The van der Waals surface area contributed by atoms with E-state index in [0.29, 0.717) is 25.1 Å². The monoisotopic (exact) mass is 558 g/mol. The minimum Gasteiger partial charge on any atom is -0.755 e. The summed E-state index contributed by atoms with van der Waals surface area (Å²) in [7, 11) is 0. The fourth-order valence-corrected chi connectivity index (χ4v) is 4.54. The van der Waals surface area contributed by atoms with Gasteiger partial charge in [-0.25, -0.2) is 4.79 Å². The SMILES string of the molecule is O=C(Cc1ccccn1)NCCCCC(C(=O)O)N(c1ccc(-c2ccc(Br)cc2)cc1)S(=O)[O-].